The lowest BCUT2D eigenvalue weighted by atomic mass is 9.98. The highest BCUT2D eigenvalue weighted by atomic mass is 32.1. The fraction of sp³-hybridized carbons (Fsp3) is 0.312. The fourth-order valence-electron chi connectivity index (χ4n) is 2.25. The zero-order chi connectivity index (χ0) is 15.9. The van der Waals surface area contributed by atoms with Gasteiger partial charge >= 0.3 is 5.97 Å². The fourth-order valence-corrected chi connectivity index (χ4v) is 2.87. The second-order valence-corrected chi connectivity index (χ2v) is 5.98. The van der Waals surface area contributed by atoms with Gasteiger partial charge in [0.25, 0.3) is 0 Å². The first-order valence-corrected chi connectivity index (χ1v) is 7.89. The first-order valence-electron chi connectivity index (χ1n) is 7.01. The summed E-state index contributed by atoms with van der Waals surface area (Å²) in [6.45, 7) is 1.91. The number of aromatic nitrogens is 1. The van der Waals surface area contributed by atoms with E-state index in [9.17, 15) is 9.59 Å². The van der Waals surface area contributed by atoms with Crippen LogP contribution in [0.2, 0.25) is 0 Å². The van der Waals surface area contributed by atoms with Crippen LogP contribution in [0, 0.1) is 6.92 Å². The molecule has 0 spiro atoms. The Morgan fingerprint density at radius 2 is 2.14 bits per heavy atom. The van der Waals surface area contributed by atoms with Crippen molar-refractivity contribution in [3.05, 3.63) is 52.0 Å². The van der Waals surface area contributed by atoms with Crippen LogP contribution in [0.3, 0.4) is 0 Å². The van der Waals surface area contributed by atoms with Crippen LogP contribution in [-0.2, 0) is 16.0 Å². The molecule has 2 rings (SSSR count). The first kappa shape index (κ1) is 16.2. The molecule has 2 aromatic rings. The number of aryl methyl sites for hydroxylation is 2. The smallest absolute Gasteiger partial charge is 0.305 e. The summed E-state index contributed by atoms with van der Waals surface area (Å²) in [7, 11) is 0. The number of thiazole rings is 1. The predicted molar refractivity (Wildman–Crippen MR) is 84.8 cm³/mol. The van der Waals surface area contributed by atoms with Crippen LogP contribution in [0.25, 0.3) is 0 Å². The number of rotatable bonds is 7. The van der Waals surface area contributed by atoms with E-state index in [4.69, 9.17) is 5.11 Å². The summed E-state index contributed by atoms with van der Waals surface area (Å²) < 4.78 is 0. The molecule has 5 nitrogen and oxygen atoms in total. The molecule has 6 heteroatoms. The SMILES string of the molecule is Cc1ccccc1C(CC(=O)O)NC(=O)CCc1nccs1. The van der Waals surface area contributed by atoms with Crippen molar-refractivity contribution >= 4 is 23.2 Å². The van der Waals surface area contributed by atoms with Crippen LogP contribution in [0.4, 0.5) is 0 Å². The number of nitrogens with one attached hydrogen (secondary N) is 1. The molecule has 2 N–H and O–H groups in total. The molecular formula is C16H18N2O3S. The maximum Gasteiger partial charge on any atom is 0.305 e. The predicted octanol–water partition coefficient (Wildman–Crippen LogP) is 2.72. The minimum atomic E-state index is -0.937. The minimum Gasteiger partial charge on any atom is -0.481 e. The van der Waals surface area contributed by atoms with Crippen molar-refractivity contribution in [2.75, 3.05) is 0 Å². The number of benzene rings is 1. The monoisotopic (exact) mass is 318 g/mol. The molecule has 0 aliphatic heterocycles. The summed E-state index contributed by atoms with van der Waals surface area (Å²) >= 11 is 1.51. The van der Waals surface area contributed by atoms with Crippen LogP contribution >= 0.6 is 11.3 Å². The zero-order valence-corrected chi connectivity index (χ0v) is 13.1. The summed E-state index contributed by atoms with van der Waals surface area (Å²) in [6.07, 6.45) is 2.44. The minimum absolute atomic E-state index is 0.131. The van der Waals surface area contributed by atoms with Gasteiger partial charge in [-0.05, 0) is 18.1 Å². The molecule has 0 aliphatic rings. The van der Waals surface area contributed by atoms with Gasteiger partial charge in [0, 0.05) is 24.4 Å². The van der Waals surface area contributed by atoms with Crippen LogP contribution in [-0.4, -0.2) is 22.0 Å². The highest BCUT2D eigenvalue weighted by molar-refractivity contribution is 7.09. The average molecular weight is 318 g/mol. The van der Waals surface area contributed by atoms with Gasteiger partial charge < -0.3 is 10.4 Å². The standard InChI is InChI=1S/C16H18N2O3S/c1-11-4-2-3-5-12(11)13(10-16(20)21)18-14(19)6-7-15-17-8-9-22-15/h2-5,8-9,13H,6-7,10H2,1H3,(H,18,19)(H,20,21). The second-order valence-electron chi connectivity index (χ2n) is 5.00. The molecule has 0 saturated carbocycles. The van der Waals surface area contributed by atoms with Crippen molar-refractivity contribution in [1.82, 2.24) is 10.3 Å². The Morgan fingerprint density at radius 1 is 1.36 bits per heavy atom. The first-order chi connectivity index (χ1) is 10.6. The van der Waals surface area contributed by atoms with Crippen molar-refractivity contribution in [3.8, 4) is 0 Å². The van der Waals surface area contributed by atoms with Gasteiger partial charge in [-0.2, -0.15) is 0 Å². The van der Waals surface area contributed by atoms with Crippen molar-refractivity contribution in [2.24, 2.45) is 0 Å². The van der Waals surface area contributed by atoms with Crippen molar-refractivity contribution < 1.29 is 14.7 Å². The molecule has 1 amide bonds. The normalized spacial score (nSPS) is 11.9. The van der Waals surface area contributed by atoms with E-state index in [-0.39, 0.29) is 12.3 Å². The van der Waals surface area contributed by atoms with Crippen molar-refractivity contribution in [2.45, 2.75) is 32.2 Å². The van der Waals surface area contributed by atoms with E-state index in [0.717, 1.165) is 16.1 Å². The quantitative estimate of drug-likeness (QED) is 0.822. The Labute approximate surface area is 133 Å². The molecule has 1 aromatic heterocycles. The molecule has 1 aromatic carbocycles. The maximum atomic E-state index is 12.1. The van der Waals surface area contributed by atoms with E-state index in [1.54, 1.807) is 6.20 Å². The Morgan fingerprint density at radius 3 is 2.77 bits per heavy atom. The number of nitrogens with zero attached hydrogens (tertiary/aromatic N) is 1. The van der Waals surface area contributed by atoms with Gasteiger partial charge in [-0.15, -0.1) is 11.3 Å². The topological polar surface area (TPSA) is 79.3 Å². The van der Waals surface area contributed by atoms with Crippen molar-refractivity contribution in [3.63, 3.8) is 0 Å². The van der Waals surface area contributed by atoms with Crippen LogP contribution in [0.15, 0.2) is 35.8 Å². The molecule has 22 heavy (non-hydrogen) atoms. The lowest BCUT2D eigenvalue weighted by Gasteiger charge is -2.19. The average Bonchev–Trinajstić information content (AvgIpc) is 2.98. The third-order valence-corrected chi connectivity index (χ3v) is 4.17. The summed E-state index contributed by atoms with van der Waals surface area (Å²) in [6, 6.07) is 6.98. The largest absolute Gasteiger partial charge is 0.481 e. The van der Waals surface area contributed by atoms with E-state index in [0.29, 0.717) is 12.8 Å². The number of hydrogen-bond donors (Lipinski definition) is 2. The molecular weight excluding hydrogens is 300 g/mol. The molecule has 0 aliphatic carbocycles. The van der Waals surface area contributed by atoms with Crippen LogP contribution in [0.5, 0.6) is 0 Å². The Bertz CT molecular complexity index is 641. The molecule has 1 heterocycles. The lowest BCUT2D eigenvalue weighted by molar-refractivity contribution is -0.137. The van der Waals surface area contributed by atoms with E-state index in [1.807, 2.05) is 36.6 Å². The summed E-state index contributed by atoms with van der Waals surface area (Å²) in [5.74, 6) is -1.10. The molecule has 1 atom stereocenters. The Balaban J connectivity index is 2.01. The molecule has 0 saturated heterocycles. The number of carbonyl (C=O) groups is 2. The van der Waals surface area contributed by atoms with Gasteiger partial charge in [0.15, 0.2) is 0 Å². The summed E-state index contributed by atoms with van der Waals surface area (Å²) in [5.41, 5.74) is 1.81. The van der Waals surface area contributed by atoms with E-state index >= 15 is 0 Å². The lowest BCUT2D eigenvalue weighted by Crippen LogP contribution is -2.30. The van der Waals surface area contributed by atoms with Gasteiger partial charge in [-0.3, -0.25) is 9.59 Å². The molecule has 116 valence electrons. The van der Waals surface area contributed by atoms with Crippen LogP contribution in [0.1, 0.15) is 35.0 Å². The van der Waals surface area contributed by atoms with Gasteiger partial charge in [-0.25, -0.2) is 4.98 Å². The highest BCUT2D eigenvalue weighted by Gasteiger charge is 2.19. The Hall–Kier alpha value is -2.21. The zero-order valence-electron chi connectivity index (χ0n) is 12.3. The molecule has 0 bridgehead atoms. The third kappa shape index (κ3) is 4.66. The number of aliphatic carboxylic acids is 1. The summed E-state index contributed by atoms with van der Waals surface area (Å²) in [5, 5.41) is 14.7. The second kappa shape index (κ2) is 7.70. The van der Waals surface area contributed by atoms with Crippen LogP contribution < -0.4 is 5.32 Å². The van der Waals surface area contributed by atoms with E-state index in [1.165, 1.54) is 11.3 Å². The molecule has 1 unspecified atom stereocenters. The van der Waals surface area contributed by atoms with E-state index in [2.05, 4.69) is 10.3 Å². The Kier molecular flexibility index (Phi) is 5.66. The number of carboxylic acid groups (broad SMARTS) is 1. The molecule has 0 radical (unpaired) electrons. The van der Waals surface area contributed by atoms with Gasteiger partial charge in [0.05, 0.1) is 17.5 Å². The van der Waals surface area contributed by atoms with Crippen molar-refractivity contribution in [1.29, 1.82) is 0 Å². The van der Waals surface area contributed by atoms with E-state index < -0.39 is 12.0 Å². The van der Waals surface area contributed by atoms with Gasteiger partial charge in [0.2, 0.25) is 5.91 Å². The number of hydrogen-bond acceptors (Lipinski definition) is 4. The highest BCUT2D eigenvalue weighted by Crippen LogP contribution is 2.21. The molecule has 0 fully saturated rings. The van der Waals surface area contributed by atoms with Gasteiger partial charge in [0.1, 0.15) is 0 Å². The third-order valence-electron chi connectivity index (χ3n) is 3.33. The number of amides is 1. The number of carbonyl (C=O) groups excluding carboxylic acids is 1. The number of carboxylic acids is 1. The maximum absolute atomic E-state index is 12.1. The summed E-state index contributed by atoms with van der Waals surface area (Å²) in [4.78, 5) is 27.3. The van der Waals surface area contributed by atoms with Gasteiger partial charge in [-0.1, -0.05) is 24.3 Å².